The minimum atomic E-state index is -1.04. The first-order chi connectivity index (χ1) is 24.0. The molecule has 5 aromatic rings. The molecular formula is C42H26O8. The van der Waals surface area contributed by atoms with Crippen LogP contribution in [-0.4, -0.2) is 44.3 Å². The van der Waals surface area contributed by atoms with E-state index >= 15 is 0 Å². The first-order valence-electron chi connectivity index (χ1n) is 15.0. The molecule has 0 fully saturated rings. The van der Waals surface area contributed by atoms with Gasteiger partial charge in [0.15, 0.2) is 0 Å². The minimum Gasteiger partial charge on any atom is -0.478 e. The molecule has 0 saturated carbocycles. The van der Waals surface area contributed by atoms with Crippen molar-refractivity contribution in [3.8, 4) is 23.7 Å². The number of aromatic carboxylic acids is 4. The lowest BCUT2D eigenvalue weighted by Crippen LogP contribution is -1.95. The van der Waals surface area contributed by atoms with Gasteiger partial charge in [0.05, 0.1) is 22.3 Å². The first-order valence-corrected chi connectivity index (χ1v) is 15.0. The van der Waals surface area contributed by atoms with Gasteiger partial charge in [0.2, 0.25) is 0 Å². The summed E-state index contributed by atoms with van der Waals surface area (Å²) in [6, 6.07) is 28.8. The molecule has 50 heavy (non-hydrogen) atoms. The summed E-state index contributed by atoms with van der Waals surface area (Å²) in [4.78, 5) is 45.2. The predicted octanol–water partition coefficient (Wildman–Crippen LogP) is 7.62. The topological polar surface area (TPSA) is 149 Å². The molecule has 242 valence electrons. The third-order valence-corrected chi connectivity index (χ3v) is 7.39. The Kier molecular flexibility index (Phi) is 10.5. The Morgan fingerprint density at radius 2 is 0.660 bits per heavy atom. The van der Waals surface area contributed by atoms with E-state index in [0.717, 1.165) is 11.1 Å². The standard InChI is InChI=1S/C42H26O8/c43-39(44)31-13-1-27(2-14-31)9-21-35-25-37(23-11-29-5-17-33(18-6-29)41(47)48)38(24-12-30-7-19-34(20-8-30)42(49)50)26-36(35)22-10-28-3-15-32(16-4-28)40(45)46/h1-9,12-21,24-26H,(H,43,44)(H,45,46)(H,47,48)(H,49,50)/b21-9+,24-12+. The van der Waals surface area contributed by atoms with Gasteiger partial charge in [-0.1, -0.05) is 72.3 Å². The van der Waals surface area contributed by atoms with Crippen LogP contribution in [0.3, 0.4) is 0 Å². The van der Waals surface area contributed by atoms with Crippen LogP contribution in [0.15, 0.2) is 109 Å². The molecule has 5 aromatic carbocycles. The van der Waals surface area contributed by atoms with Crippen LogP contribution in [0.2, 0.25) is 0 Å². The molecule has 0 aromatic heterocycles. The Bertz CT molecular complexity index is 2120. The van der Waals surface area contributed by atoms with E-state index in [-0.39, 0.29) is 22.3 Å². The summed E-state index contributed by atoms with van der Waals surface area (Å²) in [7, 11) is 0. The molecule has 0 saturated heterocycles. The van der Waals surface area contributed by atoms with Crippen molar-refractivity contribution in [1.29, 1.82) is 0 Å². The lowest BCUT2D eigenvalue weighted by atomic mass is 9.96. The van der Waals surface area contributed by atoms with Gasteiger partial charge >= 0.3 is 23.9 Å². The second kappa shape index (κ2) is 15.4. The molecule has 0 aliphatic carbocycles. The molecule has 0 atom stereocenters. The van der Waals surface area contributed by atoms with E-state index < -0.39 is 23.9 Å². The van der Waals surface area contributed by atoms with Gasteiger partial charge in [-0.2, -0.15) is 0 Å². The Morgan fingerprint density at radius 1 is 0.380 bits per heavy atom. The van der Waals surface area contributed by atoms with Gasteiger partial charge < -0.3 is 20.4 Å². The zero-order chi connectivity index (χ0) is 35.6. The fraction of sp³-hybridized carbons (Fsp3) is 0. The number of carboxylic acid groups (broad SMARTS) is 4. The zero-order valence-electron chi connectivity index (χ0n) is 26.1. The van der Waals surface area contributed by atoms with Crippen molar-refractivity contribution >= 4 is 48.2 Å². The van der Waals surface area contributed by atoms with Crippen LogP contribution in [0, 0.1) is 23.7 Å². The van der Waals surface area contributed by atoms with Crippen LogP contribution >= 0.6 is 0 Å². The second-order valence-corrected chi connectivity index (χ2v) is 10.8. The van der Waals surface area contributed by atoms with Crippen LogP contribution in [0.5, 0.6) is 0 Å². The molecule has 0 bridgehead atoms. The second-order valence-electron chi connectivity index (χ2n) is 10.8. The highest BCUT2D eigenvalue weighted by Crippen LogP contribution is 2.22. The Balaban J connectivity index is 1.63. The van der Waals surface area contributed by atoms with Gasteiger partial charge in [0.25, 0.3) is 0 Å². The van der Waals surface area contributed by atoms with E-state index in [0.29, 0.717) is 33.4 Å². The molecule has 0 spiro atoms. The Hall–Kier alpha value is -7.42. The fourth-order valence-electron chi connectivity index (χ4n) is 4.64. The van der Waals surface area contributed by atoms with E-state index in [1.54, 1.807) is 48.5 Å². The summed E-state index contributed by atoms with van der Waals surface area (Å²) in [5.41, 5.74) is 5.88. The fourth-order valence-corrected chi connectivity index (χ4v) is 4.64. The molecule has 8 heteroatoms. The number of benzene rings is 5. The van der Waals surface area contributed by atoms with Gasteiger partial charge in [-0.05, 0) is 107 Å². The van der Waals surface area contributed by atoms with E-state index in [9.17, 15) is 39.6 Å². The maximum absolute atomic E-state index is 11.3. The number of rotatable bonds is 8. The Labute approximate surface area is 286 Å². The highest BCUT2D eigenvalue weighted by molar-refractivity contribution is 5.90. The summed E-state index contributed by atoms with van der Waals surface area (Å²) in [6.07, 6.45) is 7.29. The largest absolute Gasteiger partial charge is 0.478 e. The highest BCUT2D eigenvalue weighted by atomic mass is 16.4. The number of carboxylic acids is 4. The van der Waals surface area contributed by atoms with Crippen LogP contribution in [0.4, 0.5) is 0 Å². The smallest absolute Gasteiger partial charge is 0.335 e. The minimum absolute atomic E-state index is 0.137. The monoisotopic (exact) mass is 658 g/mol. The van der Waals surface area contributed by atoms with E-state index in [1.807, 2.05) is 36.4 Å². The van der Waals surface area contributed by atoms with Crippen molar-refractivity contribution < 1.29 is 39.6 Å². The molecule has 0 amide bonds. The van der Waals surface area contributed by atoms with Gasteiger partial charge in [-0.3, -0.25) is 0 Å². The lowest BCUT2D eigenvalue weighted by molar-refractivity contribution is 0.0686. The van der Waals surface area contributed by atoms with Crippen molar-refractivity contribution in [3.63, 3.8) is 0 Å². The van der Waals surface area contributed by atoms with Crippen molar-refractivity contribution in [2.75, 3.05) is 0 Å². The van der Waals surface area contributed by atoms with Gasteiger partial charge in [-0.25, -0.2) is 19.2 Å². The highest BCUT2D eigenvalue weighted by Gasteiger charge is 2.08. The molecule has 8 nitrogen and oxygen atoms in total. The van der Waals surface area contributed by atoms with Gasteiger partial charge in [0, 0.05) is 22.3 Å². The average molecular weight is 659 g/mol. The maximum Gasteiger partial charge on any atom is 0.335 e. The molecule has 5 rings (SSSR count). The van der Waals surface area contributed by atoms with Crippen LogP contribution in [-0.2, 0) is 0 Å². The summed E-state index contributed by atoms with van der Waals surface area (Å²) in [6.45, 7) is 0. The van der Waals surface area contributed by atoms with Crippen molar-refractivity contribution in [2.45, 2.75) is 0 Å². The SMILES string of the molecule is O=C(O)c1ccc(C#Cc2cc(/C=C/c3ccc(C(=O)O)cc3)c(C#Cc3ccc(C(=O)O)cc3)cc2/C=C/c2ccc(C(=O)O)cc2)cc1. The normalized spacial score (nSPS) is 10.6. The summed E-state index contributed by atoms with van der Waals surface area (Å²) in [5.74, 6) is 8.40. The van der Waals surface area contributed by atoms with Crippen LogP contribution in [0.25, 0.3) is 24.3 Å². The van der Waals surface area contributed by atoms with Crippen LogP contribution < -0.4 is 0 Å². The lowest BCUT2D eigenvalue weighted by Gasteiger charge is -2.07. The third kappa shape index (κ3) is 8.89. The molecular weight excluding hydrogens is 632 g/mol. The molecule has 4 N–H and O–H groups in total. The Morgan fingerprint density at radius 3 is 0.940 bits per heavy atom. The molecule has 0 heterocycles. The summed E-state index contributed by atoms with van der Waals surface area (Å²) in [5, 5.41) is 37.0. The third-order valence-electron chi connectivity index (χ3n) is 7.39. The van der Waals surface area contributed by atoms with Gasteiger partial charge in [0.1, 0.15) is 0 Å². The molecule has 0 aliphatic rings. The van der Waals surface area contributed by atoms with Crippen molar-refractivity contribution in [3.05, 3.63) is 176 Å². The summed E-state index contributed by atoms with van der Waals surface area (Å²) < 4.78 is 0. The number of hydrogen-bond acceptors (Lipinski definition) is 4. The van der Waals surface area contributed by atoms with E-state index in [4.69, 9.17) is 0 Å². The molecule has 0 aliphatic heterocycles. The van der Waals surface area contributed by atoms with Crippen LogP contribution in [0.1, 0.15) is 85.9 Å². The van der Waals surface area contributed by atoms with Crippen molar-refractivity contribution in [1.82, 2.24) is 0 Å². The van der Waals surface area contributed by atoms with Gasteiger partial charge in [-0.15, -0.1) is 0 Å². The molecule has 0 radical (unpaired) electrons. The maximum atomic E-state index is 11.3. The zero-order valence-corrected chi connectivity index (χ0v) is 26.1. The van der Waals surface area contributed by atoms with E-state index in [1.165, 1.54) is 48.5 Å². The first kappa shape index (κ1) is 33.9. The van der Waals surface area contributed by atoms with E-state index in [2.05, 4.69) is 23.7 Å². The number of carbonyl (C=O) groups is 4. The molecule has 0 unspecified atom stereocenters. The van der Waals surface area contributed by atoms with Crippen molar-refractivity contribution in [2.24, 2.45) is 0 Å². The number of hydrogen-bond donors (Lipinski definition) is 4. The quantitative estimate of drug-likeness (QED) is 0.0983. The summed E-state index contributed by atoms with van der Waals surface area (Å²) >= 11 is 0. The average Bonchev–Trinajstić information content (AvgIpc) is 3.12. The predicted molar refractivity (Wildman–Crippen MR) is 190 cm³/mol.